The van der Waals surface area contributed by atoms with Crippen LogP contribution in [0, 0.1) is 0 Å². The first-order chi connectivity index (χ1) is 11.8. The molecule has 1 rings (SSSR count). The van der Waals surface area contributed by atoms with Gasteiger partial charge in [0.1, 0.15) is 12.4 Å². The average molecular weight is 337 g/mol. The third kappa shape index (κ3) is 10.2. The van der Waals surface area contributed by atoms with Gasteiger partial charge in [-0.05, 0) is 45.4 Å². The standard InChI is InChI=1S/C21H40N2O/c1-3-4-5-6-7-8-9-10-11-12-13-14-15-16-17-21-22-18-19-23(21)20(2)24/h10-11,18,20-21,24H,3-9,12-17,19H2,1-2H3/b11-10+. The fourth-order valence-electron chi connectivity index (χ4n) is 3.33. The Balaban J connectivity index is 1.85. The molecule has 0 aromatic heterocycles. The summed E-state index contributed by atoms with van der Waals surface area (Å²) >= 11 is 0. The van der Waals surface area contributed by atoms with Gasteiger partial charge in [0.15, 0.2) is 0 Å². The molecule has 0 aromatic carbocycles. The Kier molecular flexibility index (Phi) is 13.1. The van der Waals surface area contributed by atoms with Crippen molar-refractivity contribution < 1.29 is 5.11 Å². The zero-order valence-corrected chi connectivity index (χ0v) is 16.1. The summed E-state index contributed by atoms with van der Waals surface area (Å²) in [5.41, 5.74) is 0. The van der Waals surface area contributed by atoms with Gasteiger partial charge in [-0.3, -0.25) is 9.89 Å². The first-order valence-electron chi connectivity index (χ1n) is 10.4. The van der Waals surface area contributed by atoms with E-state index in [4.69, 9.17) is 0 Å². The second-order valence-electron chi connectivity index (χ2n) is 7.16. The number of aliphatic imine (C=N–C) groups is 1. The van der Waals surface area contributed by atoms with Gasteiger partial charge in [-0.15, -0.1) is 0 Å². The van der Waals surface area contributed by atoms with E-state index in [0.29, 0.717) is 0 Å². The van der Waals surface area contributed by atoms with Crippen molar-refractivity contribution in [3.63, 3.8) is 0 Å². The summed E-state index contributed by atoms with van der Waals surface area (Å²) < 4.78 is 0. The van der Waals surface area contributed by atoms with Crippen molar-refractivity contribution in [3.05, 3.63) is 12.2 Å². The zero-order chi connectivity index (χ0) is 17.5. The van der Waals surface area contributed by atoms with Crippen LogP contribution in [0.25, 0.3) is 0 Å². The van der Waals surface area contributed by atoms with Gasteiger partial charge in [-0.2, -0.15) is 0 Å². The lowest BCUT2D eigenvalue weighted by molar-refractivity contribution is 0.00710. The molecule has 0 radical (unpaired) electrons. The third-order valence-electron chi connectivity index (χ3n) is 4.91. The van der Waals surface area contributed by atoms with Crippen molar-refractivity contribution in [1.29, 1.82) is 0 Å². The van der Waals surface area contributed by atoms with Gasteiger partial charge in [0.25, 0.3) is 0 Å². The number of aliphatic hydroxyl groups excluding tert-OH is 1. The molecule has 1 aliphatic rings. The number of nitrogens with zero attached hydrogens (tertiary/aromatic N) is 2. The molecule has 0 amide bonds. The predicted octanol–water partition coefficient (Wildman–Crippen LogP) is 5.68. The van der Waals surface area contributed by atoms with E-state index in [2.05, 4.69) is 29.0 Å². The topological polar surface area (TPSA) is 35.8 Å². The van der Waals surface area contributed by atoms with Gasteiger partial charge in [0, 0.05) is 12.8 Å². The van der Waals surface area contributed by atoms with Crippen molar-refractivity contribution in [3.8, 4) is 0 Å². The van der Waals surface area contributed by atoms with Gasteiger partial charge in [0.2, 0.25) is 0 Å². The van der Waals surface area contributed by atoms with E-state index in [1.807, 2.05) is 13.1 Å². The molecule has 1 N–H and O–H groups in total. The highest BCUT2D eigenvalue weighted by Crippen LogP contribution is 2.17. The van der Waals surface area contributed by atoms with Gasteiger partial charge >= 0.3 is 0 Å². The number of hydrogen-bond donors (Lipinski definition) is 1. The molecule has 1 aliphatic heterocycles. The molecule has 2 unspecified atom stereocenters. The zero-order valence-electron chi connectivity index (χ0n) is 16.1. The minimum Gasteiger partial charge on any atom is -0.379 e. The number of aliphatic hydroxyl groups is 1. The van der Waals surface area contributed by atoms with Gasteiger partial charge < -0.3 is 5.11 Å². The van der Waals surface area contributed by atoms with Crippen LogP contribution in [0.5, 0.6) is 0 Å². The van der Waals surface area contributed by atoms with Crippen molar-refractivity contribution in [2.75, 3.05) is 6.54 Å². The lowest BCUT2D eigenvalue weighted by Crippen LogP contribution is -2.37. The van der Waals surface area contributed by atoms with E-state index in [0.717, 1.165) is 13.0 Å². The Labute approximate surface area is 150 Å². The molecule has 0 fully saturated rings. The fraction of sp³-hybridized carbons (Fsp3) is 0.857. The number of hydrogen-bond acceptors (Lipinski definition) is 3. The van der Waals surface area contributed by atoms with Crippen LogP contribution < -0.4 is 0 Å². The van der Waals surface area contributed by atoms with Gasteiger partial charge in [0.05, 0.1) is 0 Å². The number of rotatable bonds is 15. The van der Waals surface area contributed by atoms with Crippen LogP contribution in [0.2, 0.25) is 0 Å². The van der Waals surface area contributed by atoms with Crippen molar-refractivity contribution in [1.82, 2.24) is 4.90 Å². The van der Waals surface area contributed by atoms with Gasteiger partial charge in [-0.1, -0.05) is 64.0 Å². The van der Waals surface area contributed by atoms with Crippen molar-refractivity contribution >= 4 is 6.21 Å². The first-order valence-corrected chi connectivity index (χ1v) is 10.4. The monoisotopic (exact) mass is 336 g/mol. The second kappa shape index (κ2) is 14.7. The molecule has 0 saturated heterocycles. The molecule has 0 spiro atoms. The Bertz CT molecular complexity index is 339. The summed E-state index contributed by atoms with van der Waals surface area (Å²) in [7, 11) is 0. The van der Waals surface area contributed by atoms with Crippen LogP contribution in [0.15, 0.2) is 17.1 Å². The first kappa shape index (κ1) is 21.4. The fourth-order valence-corrected chi connectivity index (χ4v) is 3.33. The van der Waals surface area contributed by atoms with E-state index in [1.165, 1.54) is 77.0 Å². The molecule has 0 bridgehead atoms. The molecular weight excluding hydrogens is 296 g/mol. The second-order valence-corrected chi connectivity index (χ2v) is 7.16. The Morgan fingerprint density at radius 3 is 2.21 bits per heavy atom. The van der Waals surface area contributed by atoms with E-state index >= 15 is 0 Å². The quantitative estimate of drug-likeness (QED) is 0.308. The third-order valence-corrected chi connectivity index (χ3v) is 4.91. The molecule has 0 aromatic rings. The van der Waals surface area contributed by atoms with Crippen LogP contribution in [0.1, 0.15) is 97.3 Å². The normalized spacial score (nSPS) is 19.5. The van der Waals surface area contributed by atoms with Crippen LogP contribution >= 0.6 is 0 Å². The summed E-state index contributed by atoms with van der Waals surface area (Å²) in [5, 5.41) is 9.68. The highest BCUT2D eigenvalue weighted by molar-refractivity contribution is 5.62. The lowest BCUT2D eigenvalue weighted by atomic mass is 10.1. The highest BCUT2D eigenvalue weighted by atomic mass is 16.3. The number of allylic oxidation sites excluding steroid dienone is 2. The maximum absolute atomic E-state index is 9.68. The summed E-state index contributed by atoms with van der Waals surface area (Å²) in [6, 6.07) is 0. The Morgan fingerprint density at radius 2 is 1.58 bits per heavy atom. The van der Waals surface area contributed by atoms with Crippen LogP contribution in [-0.4, -0.2) is 35.2 Å². The minimum atomic E-state index is -0.380. The maximum Gasteiger partial charge on any atom is 0.106 e. The van der Waals surface area contributed by atoms with Crippen LogP contribution in [0.4, 0.5) is 0 Å². The van der Waals surface area contributed by atoms with Crippen molar-refractivity contribution in [2.24, 2.45) is 4.99 Å². The van der Waals surface area contributed by atoms with E-state index in [1.54, 1.807) is 0 Å². The average Bonchev–Trinajstić information content (AvgIpc) is 3.04. The summed E-state index contributed by atoms with van der Waals surface area (Å²) in [6.45, 7) is 4.90. The van der Waals surface area contributed by atoms with Gasteiger partial charge in [-0.25, -0.2) is 0 Å². The summed E-state index contributed by atoms with van der Waals surface area (Å²) in [5.74, 6) is 0. The predicted molar refractivity (Wildman–Crippen MR) is 106 cm³/mol. The Hall–Kier alpha value is -0.670. The molecule has 0 saturated carbocycles. The largest absolute Gasteiger partial charge is 0.379 e. The Morgan fingerprint density at radius 1 is 1.00 bits per heavy atom. The highest BCUT2D eigenvalue weighted by Gasteiger charge is 2.23. The molecule has 24 heavy (non-hydrogen) atoms. The minimum absolute atomic E-state index is 0.210. The smallest absolute Gasteiger partial charge is 0.106 e. The summed E-state index contributed by atoms with van der Waals surface area (Å²) in [6.07, 6.45) is 23.6. The molecule has 3 heteroatoms. The maximum atomic E-state index is 9.68. The SMILES string of the molecule is CCCCCCCC/C=C/CCCCCCC1N=CCN1C(C)O. The molecule has 0 aliphatic carbocycles. The van der Waals surface area contributed by atoms with Crippen LogP contribution in [-0.2, 0) is 0 Å². The molecule has 1 heterocycles. The molecular formula is C21H40N2O. The van der Waals surface area contributed by atoms with E-state index in [-0.39, 0.29) is 12.4 Å². The molecule has 2 atom stereocenters. The van der Waals surface area contributed by atoms with Crippen LogP contribution in [0.3, 0.4) is 0 Å². The lowest BCUT2D eigenvalue weighted by Gasteiger charge is -2.25. The molecule has 3 nitrogen and oxygen atoms in total. The van der Waals surface area contributed by atoms with E-state index < -0.39 is 0 Å². The van der Waals surface area contributed by atoms with Crippen molar-refractivity contribution in [2.45, 2.75) is 110 Å². The summed E-state index contributed by atoms with van der Waals surface area (Å²) in [4.78, 5) is 6.53. The number of unbranched alkanes of at least 4 members (excludes halogenated alkanes) is 10. The van der Waals surface area contributed by atoms with E-state index in [9.17, 15) is 5.11 Å². The molecule has 140 valence electrons.